The van der Waals surface area contributed by atoms with Gasteiger partial charge < -0.3 is 10.1 Å². The molecule has 2 rings (SSSR count). The van der Waals surface area contributed by atoms with Crippen molar-refractivity contribution in [2.24, 2.45) is 0 Å². The molecule has 25 heavy (non-hydrogen) atoms. The quantitative estimate of drug-likeness (QED) is 0.481. The number of nitro benzene ring substituents is 1. The molecule has 9 heteroatoms. The van der Waals surface area contributed by atoms with Gasteiger partial charge in [0.05, 0.1) is 11.3 Å². The van der Waals surface area contributed by atoms with Gasteiger partial charge in [0, 0.05) is 16.8 Å². The van der Waals surface area contributed by atoms with Gasteiger partial charge in [-0.3, -0.25) is 19.7 Å². The highest BCUT2D eigenvalue weighted by Gasteiger charge is 2.16. The second-order valence-electron chi connectivity index (χ2n) is 4.90. The molecular formula is C16H12ClFN2O5. The predicted molar refractivity (Wildman–Crippen MR) is 87.8 cm³/mol. The van der Waals surface area contributed by atoms with Crippen LogP contribution in [0.5, 0.6) is 0 Å². The number of nitrogens with one attached hydrogen (secondary N) is 1. The van der Waals surface area contributed by atoms with Crippen molar-refractivity contribution in [3.05, 3.63) is 69.0 Å². The van der Waals surface area contributed by atoms with Gasteiger partial charge in [0.1, 0.15) is 0 Å². The highest BCUT2D eigenvalue weighted by Crippen LogP contribution is 2.21. The zero-order valence-corrected chi connectivity index (χ0v) is 13.5. The standard InChI is InChI=1S/C16H12ClFN2O5/c17-12-4-2-1-3-10(12)7-16(22)25-9-15(21)19-11-5-6-13(18)14(8-11)20(23)24/h1-6,8H,7,9H2,(H,19,21). The number of carbonyl (C=O) groups is 2. The minimum absolute atomic E-state index is 0.0141. The Morgan fingerprint density at radius 3 is 2.64 bits per heavy atom. The molecule has 7 nitrogen and oxygen atoms in total. The number of hydrogen-bond acceptors (Lipinski definition) is 5. The summed E-state index contributed by atoms with van der Waals surface area (Å²) in [6.45, 7) is -0.589. The van der Waals surface area contributed by atoms with Crippen LogP contribution in [0.25, 0.3) is 0 Å². The number of anilines is 1. The Bertz CT molecular complexity index is 828. The van der Waals surface area contributed by atoms with Gasteiger partial charge in [0.15, 0.2) is 6.61 Å². The molecule has 0 aliphatic heterocycles. The van der Waals surface area contributed by atoms with Crippen LogP contribution < -0.4 is 5.32 Å². The maximum absolute atomic E-state index is 13.2. The summed E-state index contributed by atoms with van der Waals surface area (Å²) in [6, 6.07) is 9.59. The van der Waals surface area contributed by atoms with Crippen LogP contribution in [0.2, 0.25) is 5.02 Å². The van der Waals surface area contributed by atoms with Gasteiger partial charge in [-0.2, -0.15) is 4.39 Å². The molecule has 130 valence electrons. The van der Waals surface area contributed by atoms with E-state index in [-0.39, 0.29) is 12.1 Å². The summed E-state index contributed by atoms with van der Waals surface area (Å²) in [5.74, 6) is -2.39. The average Bonchev–Trinajstić information content (AvgIpc) is 2.56. The third-order valence-electron chi connectivity index (χ3n) is 3.08. The summed E-state index contributed by atoms with van der Waals surface area (Å²) in [5.41, 5.74) is -0.197. The Balaban J connectivity index is 1.88. The Hall–Kier alpha value is -3.00. The van der Waals surface area contributed by atoms with Crippen molar-refractivity contribution >= 4 is 34.9 Å². The molecule has 0 aliphatic carbocycles. The van der Waals surface area contributed by atoms with E-state index in [0.29, 0.717) is 10.6 Å². The number of esters is 1. The van der Waals surface area contributed by atoms with E-state index in [1.807, 2.05) is 0 Å². The zero-order valence-electron chi connectivity index (χ0n) is 12.7. The first kappa shape index (κ1) is 18.3. The van der Waals surface area contributed by atoms with Crippen LogP contribution in [0.1, 0.15) is 5.56 Å². The number of nitrogens with zero attached hydrogens (tertiary/aromatic N) is 1. The van der Waals surface area contributed by atoms with E-state index in [0.717, 1.165) is 18.2 Å². The minimum Gasteiger partial charge on any atom is -0.455 e. The van der Waals surface area contributed by atoms with Crippen molar-refractivity contribution in [3.8, 4) is 0 Å². The highest BCUT2D eigenvalue weighted by molar-refractivity contribution is 6.31. The maximum Gasteiger partial charge on any atom is 0.310 e. The molecule has 0 spiro atoms. The van der Waals surface area contributed by atoms with E-state index in [1.54, 1.807) is 24.3 Å². The van der Waals surface area contributed by atoms with Gasteiger partial charge in [-0.1, -0.05) is 29.8 Å². The van der Waals surface area contributed by atoms with Crippen LogP contribution in [-0.2, 0) is 20.7 Å². The van der Waals surface area contributed by atoms with Crippen LogP contribution in [0.15, 0.2) is 42.5 Å². The molecule has 0 bridgehead atoms. The van der Waals surface area contributed by atoms with Crippen LogP contribution in [0, 0.1) is 15.9 Å². The zero-order chi connectivity index (χ0) is 18.4. The van der Waals surface area contributed by atoms with Crippen molar-refractivity contribution in [1.82, 2.24) is 0 Å². The second kappa shape index (κ2) is 8.20. The van der Waals surface area contributed by atoms with Crippen LogP contribution in [-0.4, -0.2) is 23.4 Å². The fourth-order valence-corrected chi connectivity index (χ4v) is 2.12. The van der Waals surface area contributed by atoms with E-state index in [1.165, 1.54) is 0 Å². The predicted octanol–water partition coefficient (Wildman–Crippen LogP) is 3.11. The monoisotopic (exact) mass is 366 g/mol. The van der Waals surface area contributed by atoms with Gasteiger partial charge in [-0.25, -0.2) is 0 Å². The molecule has 0 saturated carbocycles. The lowest BCUT2D eigenvalue weighted by molar-refractivity contribution is -0.387. The van der Waals surface area contributed by atoms with Gasteiger partial charge in [-0.15, -0.1) is 0 Å². The molecule has 0 unspecified atom stereocenters. The largest absolute Gasteiger partial charge is 0.455 e. The fraction of sp³-hybridized carbons (Fsp3) is 0.125. The third-order valence-corrected chi connectivity index (χ3v) is 3.45. The van der Waals surface area contributed by atoms with E-state index in [4.69, 9.17) is 16.3 Å². The van der Waals surface area contributed by atoms with E-state index >= 15 is 0 Å². The van der Waals surface area contributed by atoms with Gasteiger partial charge >= 0.3 is 11.7 Å². The lowest BCUT2D eigenvalue weighted by atomic mass is 10.1. The first-order valence-corrected chi connectivity index (χ1v) is 7.37. The molecule has 0 atom stereocenters. The number of halogens is 2. The number of rotatable bonds is 6. The second-order valence-corrected chi connectivity index (χ2v) is 5.31. The van der Waals surface area contributed by atoms with Crippen molar-refractivity contribution in [1.29, 1.82) is 0 Å². The van der Waals surface area contributed by atoms with E-state index in [9.17, 15) is 24.1 Å². The number of amides is 1. The Kier molecular flexibility index (Phi) is 6.02. The van der Waals surface area contributed by atoms with Crippen LogP contribution in [0.4, 0.5) is 15.8 Å². The Labute approximate surface area is 146 Å². The van der Waals surface area contributed by atoms with Crippen molar-refractivity contribution in [3.63, 3.8) is 0 Å². The van der Waals surface area contributed by atoms with Gasteiger partial charge in [0.2, 0.25) is 5.82 Å². The summed E-state index contributed by atoms with van der Waals surface area (Å²) >= 11 is 5.92. The topological polar surface area (TPSA) is 98.5 Å². The number of ether oxygens (including phenoxy) is 1. The Morgan fingerprint density at radius 1 is 1.24 bits per heavy atom. The Morgan fingerprint density at radius 2 is 1.96 bits per heavy atom. The molecule has 0 aliphatic rings. The SMILES string of the molecule is O=C(COC(=O)Cc1ccccc1Cl)Nc1ccc(F)c([N+](=O)[O-])c1. The minimum atomic E-state index is -1.02. The first-order valence-electron chi connectivity index (χ1n) is 6.99. The maximum atomic E-state index is 13.2. The number of carbonyl (C=O) groups excluding carboxylic acids is 2. The number of benzene rings is 2. The molecule has 2 aromatic carbocycles. The summed E-state index contributed by atoms with van der Waals surface area (Å²) < 4.78 is 18.0. The fourth-order valence-electron chi connectivity index (χ4n) is 1.92. The summed E-state index contributed by atoms with van der Waals surface area (Å²) in [6.07, 6.45) is -0.102. The number of hydrogen-bond donors (Lipinski definition) is 1. The third kappa shape index (κ3) is 5.25. The first-order chi connectivity index (χ1) is 11.9. The van der Waals surface area contributed by atoms with Crippen molar-refractivity contribution in [2.45, 2.75) is 6.42 Å². The molecule has 0 heterocycles. The lowest BCUT2D eigenvalue weighted by Crippen LogP contribution is -2.21. The summed E-state index contributed by atoms with van der Waals surface area (Å²) in [4.78, 5) is 33.2. The molecule has 0 saturated heterocycles. The van der Waals surface area contributed by atoms with Gasteiger partial charge in [0.25, 0.3) is 5.91 Å². The molecule has 1 N–H and O–H groups in total. The lowest BCUT2D eigenvalue weighted by Gasteiger charge is -2.07. The highest BCUT2D eigenvalue weighted by atomic mass is 35.5. The molecule has 1 amide bonds. The molecule has 0 aromatic heterocycles. The molecule has 2 aromatic rings. The van der Waals surface area contributed by atoms with E-state index in [2.05, 4.69) is 5.32 Å². The normalized spacial score (nSPS) is 10.2. The molecule has 0 fully saturated rings. The van der Waals surface area contributed by atoms with Crippen LogP contribution >= 0.6 is 11.6 Å². The molecular weight excluding hydrogens is 355 g/mol. The van der Waals surface area contributed by atoms with Crippen LogP contribution in [0.3, 0.4) is 0 Å². The average molecular weight is 367 g/mol. The van der Waals surface area contributed by atoms with E-state index < -0.39 is 34.9 Å². The smallest absolute Gasteiger partial charge is 0.310 e. The summed E-state index contributed by atoms with van der Waals surface area (Å²) in [5, 5.41) is 13.3. The van der Waals surface area contributed by atoms with Crippen molar-refractivity contribution < 1.29 is 23.6 Å². The number of nitro groups is 1. The summed E-state index contributed by atoms with van der Waals surface area (Å²) in [7, 11) is 0. The van der Waals surface area contributed by atoms with Crippen molar-refractivity contribution in [2.75, 3.05) is 11.9 Å². The van der Waals surface area contributed by atoms with Gasteiger partial charge in [-0.05, 0) is 23.8 Å². The molecule has 0 radical (unpaired) electrons.